The van der Waals surface area contributed by atoms with Crippen LogP contribution in [0.2, 0.25) is 0 Å². The predicted octanol–water partition coefficient (Wildman–Crippen LogP) is 3.94. The lowest BCUT2D eigenvalue weighted by atomic mass is 10.1. The van der Waals surface area contributed by atoms with Gasteiger partial charge in [0.1, 0.15) is 5.01 Å². The zero-order valence-electron chi connectivity index (χ0n) is 10.8. The van der Waals surface area contributed by atoms with Crippen molar-refractivity contribution in [2.24, 2.45) is 0 Å². The summed E-state index contributed by atoms with van der Waals surface area (Å²) in [6.07, 6.45) is 0.301. The zero-order chi connectivity index (χ0) is 14.8. The van der Waals surface area contributed by atoms with E-state index in [1.165, 1.54) is 23.5 Å². The highest BCUT2D eigenvalue weighted by molar-refractivity contribution is 7.21. The van der Waals surface area contributed by atoms with Crippen molar-refractivity contribution in [1.29, 1.82) is 5.26 Å². The van der Waals surface area contributed by atoms with Gasteiger partial charge in [0.05, 0.1) is 27.6 Å². The van der Waals surface area contributed by atoms with E-state index < -0.39 is 4.92 Å². The first kappa shape index (κ1) is 13.2. The predicted molar refractivity (Wildman–Crippen MR) is 81.0 cm³/mol. The summed E-state index contributed by atoms with van der Waals surface area (Å²) >= 11 is 1.47. The molecule has 3 rings (SSSR count). The van der Waals surface area contributed by atoms with Crippen LogP contribution >= 0.6 is 11.3 Å². The Hall–Kier alpha value is -2.78. The molecule has 3 aromatic rings. The summed E-state index contributed by atoms with van der Waals surface area (Å²) in [7, 11) is 0. The standard InChI is InChI=1S/C15H9N3O2S/c16-8-7-10-3-2-6-13-14(10)17-15(21-13)11-4-1-5-12(9-11)18(19)20/h1-6,9H,7H2. The third kappa shape index (κ3) is 2.47. The lowest BCUT2D eigenvalue weighted by molar-refractivity contribution is -0.384. The Balaban J connectivity index is 2.13. The molecule has 0 atom stereocenters. The minimum Gasteiger partial charge on any atom is -0.258 e. The second-order valence-corrected chi connectivity index (χ2v) is 5.46. The third-order valence-corrected chi connectivity index (χ3v) is 4.15. The average molecular weight is 295 g/mol. The Morgan fingerprint density at radius 2 is 2.10 bits per heavy atom. The van der Waals surface area contributed by atoms with Crippen LogP contribution in [0.4, 0.5) is 5.69 Å². The van der Waals surface area contributed by atoms with Crippen LogP contribution in [0.15, 0.2) is 42.5 Å². The molecule has 0 amide bonds. The minimum atomic E-state index is -0.419. The van der Waals surface area contributed by atoms with E-state index in [0.29, 0.717) is 12.0 Å². The van der Waals surface area contributed by atoms with Crippen LogP contribution in [0, 0.1) is 21.4 Å². The molecule has 6 heteroatoms. The molecule has 0 aliphatic rings. The minimum absolute atomic E-state index is 0.0454. The lowest BCUT2D eigenvalue weighted by Gasteiger charge is -1.96. The summed E-state index contributed by atoms with van der Waals surface area (Å²) in [4.78, 5) is 15.0. The van der Waals surface area contributed by atoms with Gasteiger partial charge in [0, 0.05) is 17.7 Å². The average Bonchev–Trinajstić information content (AvgIpc) is 2.93. The maximum Gasteiger partial charge on any atom is 0.270 e. The normalized spacial score (nSPS) is 10.4. The molecule has 0 saturated carbocycles. The van der Waals surface area contributed by atoms with Crippen molar-refractivity contribution in [1.82, 2.24) is 4.98 Å². The van der Waals surface area contributed by atoms with Crippen LogP contribution in [0.3, 0.4) is 0 Å². The topological polar surface area (TPSA) is 79.8 Å². The van der Waals surface area contributed by atoms with Gasteiger partial charge in [-0.05, 0) is 11.6 Å². The van der Waals surface area contributed by atoms with Gasteiger partial charge < -0.3 is 0 Å². The van der Waals surface area contributed by atoms with Crippen LogP contribution in [0.25, 0.3) is 20.8 Å². The van der Waals surface area contributed by atoms with Crippen LogP contribution in [-0.4, -0.2) is 9.91 Å². The van der Waals surface area contributed by atoms with Gasteiger partial charge in [-0.1, -0.05) is 24.3 Å². The number of nitro benzene ring substituents is 1. The number of thiazole rings is 1. The van der Waals surface area contributed by atoms with E-state index in [1.54, 1.807) is 12.1 Å². The van der Waals surface area contributed by atoms with Crippen LogP contribution in [0.5, 0.6) is 0 Å². The van der Waals surface area contributed by atoms with Gasteiger partial charge in [-0.25, -0.2) is 4.98 Å². The molecule has 0 fully saturated rings. The molecule has 0 unspecified atom stereocenters. The smallest absolute Gasteiger partial charge is 0.258 e. The van der Waals surface area contributed by atoms with E-state index in [1.807, 2.05) is 18.2 Å². The molecule has 0 N–H and O–H groups in total. The molecule has 0 spiro atoms. The number of nitro groups is 1. The number of nitriles is 1. The molecular formula is C15H9N3O2S. The molecule has 2 aromatic carbocycles. The SMILES string of the molecule is N#CCc1cccc2sc(-c3cccc([N+](=O)[O-])c3)nc12. The molecule has 1 aromatic heterocycles. The highest BCUT2D eigenvalue weighted by Gasteiger charge is 2.12. The molecular weight excluding hydrogens is 286 g/mol. The maximum absolute atomic E-state index is 10.8. The Bertz CT molecular complexity index is 880. The Morgan fingerprint density at radius 1 is 1.29 bits per heavy atom. The maximum atomic E-state index is 10.8. The van der Waals surface area contributed by atoms with Gasteiger partial charge in [0.15, 0.2) is 0 Å². The number of benzene rings is 2. The van der Waals surface area contributed by atoms with E-state index >= 15 is 0 Å². The van der Waals surface area contributed by atoms with Gasteiger partial charge >= 0.3 is 0 Å². The number of para-hydroxylation sites is 1. The van der Waals surface area contributed by atoms with Crippen molar-refractivity contribution < 1.29 is 4.92 Å². The van der Waals surface area contributed by atoms with E-state index in [4.69, 9.17) is 5.26 Å². The first-order valence-corrected chi connectivity index (χ1v) is 7.01. The van der Waals surface area contributed by atoms with E-state index in [-0.39, 0.29) is 5.69 Å². The molecule has 1 heterocycles. The van der Waals surface area contributed by atoms with Crippen molar-refractivity contribution in [2.75, 3.05) is 0 Å². The zero-order valence-corrected chi connectivity index (χ0v) is 11.6. The summed E-state index contributed by atoms with van der Waals surface area (Å²) in [6, 6.07) is 14.3. The molecule has 102 valence electrons. The summed E-state index contributed by atoms with van der Waals surface area (Å²) in [5.74, 6) is 0. The number of aromatic nitrogens is 1. The molecule has 0 radical (unpaired) electrons. The molecule has 0 saturated heterocycles. The quantitative estimate of drug-likeness (QED) is 0.541. The van der Waals surface area contributed by atoms with Gasteiger partial charge in [-0.3, -0.25) is 10.1 Å². The van der Waals surface area contributed by atoms with Crippen molar-refractivity contribution in [2.45, 2.75) is 6.42 Å². The van der Waals surface area contributed by atoms with E-state index in [2.05, 4.69) is 11.1 Å². The van der Waals surface area contributed by atoms with Crippen molar-refractivity contribution in [3.8, 4) is 16.6 Å². The first-order valence-electron chi connectivity index (χ1n) is 6.19. The van der Waals surface area contributed by atoms with Crippen LogP contribution < -0.4 is 0 Å². The number of non-ortho nitro benzene ring substituents is 1. The number of hydrogen-bond donors (Lipinski definition) is 0. The largest absolute Gasteiger partial charge is 0.270 e. The summed E-state index contributed by atoms with van der Waals surface area (Å²) in [5, 5.41) is 20.4. The van der Waals surface area contributed by atoms with Gasteiger partial charge in [0.2, 0.25) is 0 Å². The second-order valence-electron chi connectivity index (χ2n) is 4.43. The summed E-state index contributed by atoms with van der Waals surface area (Å²) in [5.41, 5.74) is 2.44. The van der Waals surface area contributed by atoms with E-state index in [9.17, 15) is 10.1 Å². The summed E-state index contributed by atoms with van der Waals surface area (Å²) < 4.78 is 0.976. The third-order valence-electron chi connectivity index (χ3n) is 3.08. The van der Waals surface area contributed by atoms with Gasteiger partial charge in [0.25, 0.3) is 5.69 Å². The van der Waals surface area contributed by atoms with Crippen LogP contribution in [0.1, 0.15) is 5.56 Å². The monoisotopic (exact) mass is 295 g/mol. The van der Waals surface area contributed by atoms with Gasteiger partial charge in [-0.2, -0.15) is 5.26 Å². The molecule has 21 heavy (non-hydrogen) atoms. The lowest BCUT2D eigenvalue weighted by Crippen LogP contribution is -1.88. The summed E-state index contributed by atoms with van der Waals surface area (Å²) in [6.45, 7) is 0. The number of fused-ring (bicyclic) bond motifs is 1. The second kappa shape index (κ2) is 5.31. The fourth-order valence-electron chi connectivity index (χ4n) is 2.11. The molecule has 5 nitrogen and oxygen atoms in total. The number of rotatable bonds is 3. The molecule has 0 aliphatic heterocycles. The Labute approximate surface area is 124 Å². The Morgan fingerprint density at radius 3 is 2.86 bits per heavy atom. The first-order chi connectivity index (χ1) is 10.2. The highest BCUT2D eigenvalue weighted by Crippen LogP contribution is 2.33. The Kier molecular flexibility index (Phi) is 3.34. The van der Waals surface area contributed by atoms with Crippen molar-refractivity contribution in [3.63, 3.8) is 0 Å². The van der Waals surface area contributed by atoms with Gasteiger partial charge in [-0.15, -0.1) is 11.3 Å². The van der Waals surface area contributed by atoms with Crippen LogP contribution in [-0.2, 0) is 6.42 Å². The van der Waals surface area contributed by atoms with Crippen molar-refractivity contribution >= 4 is 27.2 Å². The molecule has 0 aliphatic carbocycles. The fraction of sp³-hybridized carbons (Fsp3) is 0.0667. The number of nitrogens with zero attached hydrogens (tertiary/aromatic N) is 3. The van der Waals surface area contributed by atoms with E-state index in [0.717, 1.165) is 20.8 Å². The highest BCUT2D eigenvalue weighted by atomic mass is 32.1. The fourth-order valence-corrected chi connectivity index (χ4v) is 3.12. The molecule has 0 bridgehead atoms. The number of hydrogen-bond acceptors (Lipinski definition) is 5. The van der Waals surface area contributed by atoms with Crippen molar-refractivity contribution in [3.05, 3.63) is 58.1 Å².